The van der Waals surface area contributed by atoms with E-state index < -0.39 is 0 Å². The number of nitrogens with one attached hydrogen (secondary N) is 2. The van der Waals surface area contributed by atoms with E-state index in [1.54, 1.807) is 7.05 Å². The molecule has 2 aliphatic rings. The first-order chi connectivity index (χ1) is 13.6. The maximum Gasteiger partial charge on any atom is 0.225 e. The number of benzene rings is 1. The van der Waals surface area contributed by atoms with E-state index in [1.165, 1.54) is 12.8 Å². The zero-order valence-corrected chi connectivity index (χ0v) is 17.6. The summed E-state index contributed by atoms with van der Waals surface area (Å²) in [5, 5.41) is 7.45. The zero-order chi connectivity index (χ0) is 19.9. The van der Waals surface area contributed by atoms with Crippen molar-refractivity contribution in [2.24, 2.45) is 10.9 Å². The van der Waals surface area contributed by atoms with E-state index in [4.69, 9.17) is 16.3 Å². The Morgan fingerprint density at radius 3 is 2.82 bits per heavy atom. The van der Waals surface area contributed by atoms with Crippen LogP contribution < -0.4 is 15.4 Å². The fourth-order valence-corrected chi connectivity index (χ4v) is 4.20. The number of amides is 1. The molecule has 1 atom stereocenters. The highest BCUT2D eigenvalue weighted by Gasteiger charge is 2.32. The highest BCUT2D eigenvalue weighted by molar-refractivity contribution is 6.30. The largest absolute Gasteiger partial charge is 0.493 e. The topological polar surface area (TPSA) is 66.0 Å². The lowest BCUT2D eigenvalue weighted by Crippen LogP contribution is -2.45. The number of guanidine groups is 1. The molecule has 1 saturated carbocycles. The van der Waals surface area contributed by atoms with Gasteiger partial charge in [-0.1, -0.05) is 30.5 Å². The summed E-state index contributed by atoms with van der Waals surface area (Å²) in [7, 11) is 1.76. The fourth-order valence-electron chi connectivity index (χ4n) is 4.04. The Balaban J connectivity index is 1.51. The fraction of sp³-hybridized carbons (Fsp3) is 0.619. The van der Waals surface area contributed by atoms with Gasteiger partial charge in [-0.3, -0.25) is 9.79 Å². The molecular weight excluding hydrogens is 376 g/mol. The quantitative estimate of drug-likeness (QED) is 0.562. The van der Waals surface area contributed by atoms with Crippen molar-refractivity contribution in [2.45, 2.75) is 51.6 Å². The standard InChI is InChI=1S/C21H31ClN4O2/c1-3-28-19-12-17(22)9-8-16(19)13-24-21(23-2)25-18-10-11-26(14-18)20(27)15-6-4-5-7-15/h8-9,12,15,18H,3-7,10-11,13-14H2,1-2H3,(H2,23,24,25). The van der Waals surface area contributed by atoms with E-state index in [-0.39, 0.29) is 12.0 Å². The molecule has 2 N–H and O–H groups in total. The van der Waals surface area contributed by atoms with Crippen LogP contribution in [0, 0.1) is 5.92 Å². The van der Waals surface area contributed by atoms with Crippen molar-refractivity contribution < 1.29 is 9.53 Å². The van der Waals surface area contributed by atoms with E-state index in [1.807, 2.05) is 30.0 Å². The maximum absolute atomic E-state index is 12.6. The van der Waals surface area contributed by atoms with Crippen LogP contribution in [0.2, 0.25) is 5.02 Å². The number of rotatable bonds is 6. The Morgan fingerprint density at radius 2 is 2.11 bits per heavy atom. The molecule has 0 aromatic heterocycles. The third-order valence-electron chi connectivity index (χ3n) is 5.54. The van der Waals surface area contributed by atoms with Gasteiger partial charge in [0.15, 0.2) is 5.96 Å². The predicted molar refractivity (Wildman–Crippen MR) is 113 cm³/mol. The second-order valence-electron chi connectivity index (χ2n) is 7.51. The summed E-state index contributed by atoms with van der Waals surface area (Å²) < 4.78 is 5.68. The summed E-state index contributed by atoms with van der Waals surface area (Å²) in [6.07, 6.45) is 5.44. The van der Waals surface area contributed by atoms with Gasteiger partial charge in [-0.2, -0.15) is 0 Å². The molecule has 0 radical (unpaired) electrons. The van der Waals surface area contributed by atoms with Crippen molar-refractivity contribution >= 4 is 23.5 Å². The van der Waals surface area contributed by atoms with Gasteiger partial charge in [-0.25, -0.2) is 0 Å². The molecule has 154 valence electrons. The first-order valence-electron chi connectivity index (χ1n) is 10.3. The Labute approximate surface area is 172 Å². The molecule has 1 saturated heterocycles. The van der Waals surface area contributed by atoms with Crippen LogP contribution in [-0.4, -0.2) is 49.6 Å². The molecule has 3 rings (SSSR count). The number of nitrogens with zero attached hydrogens (tertiary/aromatic N) is 2. The van der Waals surface area contributed by atoms with Crippen LogP contribution in [0.1, 0.15) is 44.6 Å². The lowest BCUT2D eigenvalue weighted by molar-refractivity contribution is -0.134. The molecule has 1 heterocycles. The van der Waals surface area contributed by atoms with Gasteiger partial charge in [0.1, 0.15) is 5.75 Å². The van der Waals surface area contributed by atoms with Crippen LogP contribution in [0.5, 0.6) is 5.75 Å². The normalized spacial score (nSPS) is 20.5. The minimum absolute atomic E-state index is 0.230. The van der Waals surface area contributed by atoms with Crippen molar-refractivity contribution in [1.29, 1.82) is 0 Å². The molecule has 1 unspecified atom stereocenters. The van der Waals surface area contributed by atoms with Gasteiger partial charge in [0.05, 0.1) is 6.61 Å². The molecule has 0 spiro atoms. The van der Waals surface area contributed by atoms with Gasteiger partial charge in [0.2, 0.25) is 5.91 Å². The number of ether oxygens (including phenoxy) is 1. The summed E-state index contributed by atoms with van der Waals surface area (Å²) >= 11 is 6.07. The molecule has 1 aromatic carbocycles. The third kappa shape index (κ3) is 5.31. The highest BCUT2D eigenvalue weighted by Crippen LogP contribution is 2.28. The maximum atomic E-state index is 12.6. The monoisotopic (exact) mass is 406 g/mol. The van der Waals surface area contributed by atoms with Crippen molar-refractivity contribution in [2.75, 3.05) is 26.7 Å². The van der Waals surface area contributed by atoms with Gasteiger partial charge in [0, 0.05) is 49.2 Å². The van der Waals surface area contributed by atoms with Crippen LogP contribution in [0.4, 0.5) is 0 Å². The Kier molecular flexibility index (Phi) is 7.43. The van der Waals surface area contributed by atoms with Gasteiger partial charge in [-0.05, 0) is 38.3 Å². The number of aliphatic imine (C=N–C) groups is 1. The van der Waals surface area contributed by atoms with Crippen molar-refractivity contribution in [1.82, 2.24) is 15.5 Å². The minimum Gasteiger partial charge on any atom is -0.493 e. The smallest absolute Gasteiger partial charge is 0.225 e. The number of carbonyl (C=O) groups excluding carboxylic acids is 1. The molecule has 7 heteroatoms. The SMILES string of the molecule is CCOc1cc(Cl)ccc1CNC(=NC)NC1CCN(C(=O)C2CCCC2)C1. The second-order valence-corrected chi connectivity index (χ2v) is 7.94. The first kappa shape index (κ1) is 20.8. The molecule has 1 aromatic rings. The lowest BCUT2D eigenvalue weighted by Gasteiger charge is -2.21. The van der Waals surface area contributed by atoms with E-state index in [0.717, 1.165) is 49.6 Å². The van der Waals surface area contributed by atoms with Crippen molar-refractivity contribution in [3.63, 3.8) is 0 Å². The van der Waals surface area contributed by atoms with Crippen molar-refractivity contribution in [3.8, 4) is 5.75 Å². The minimum atomic E-state index is 0.230. The summed E-state index contributed by atoms with van der Waals surface area (Å²) in [6.45, 7) is 4.71. The Hall–Kier alpha value is -1.95. The van der Waals surface area contributed by atoms with E-state index in [2.05, 4.69) is 15.6 Å². The zero-order valence-electron chi connectivity index (χ0n) is 16.8. The van der Waals surface area contributed by atoms with Gasteiger partial charge < -0.3 is 20.3 Å². The predicted octanol–water partition coefficient (Wildman–Crippen LogP) is 3.19. The van der Waals surface area contributed by atoms with E-state index in [0.29, 0.717) is 24.1 Å². The number of carbonyl (C=O) groups is 1. The average molecular weight is 407 g/mol. The van der Waals surface area contributed by atoms with Gasteiger partial charge in [-0.15, -0.1) is 0 Å². The number of hydrogen-bond donors (Lipinski definition) is 2. The molecule has 1 aliphatic heterocycles. The first-order valence-corrected chi connectivity index (χ1v) is 10.7. The number of hydrogen-bond acceptors (Lipinski definition) is 3. The molecule has 1 amide bonds. The van der Waals surface area contributed by atoms with Crippen LogP contribution in [0.15, 0.2) is 23.2 Å². The Morgan fingerprint density at radius 1 is 1.32 bits per heavy atom. The van der Waals surface area contributed by atoms with Crippen LogP contribution in [-0.2, 0) is 11.3 Å². The number of likely N-dealkylation sites (tertiary alicyclic amines) is 1. The summed E-state index contributed by atoms with van der Waals surface area (Å²) in [5.41, 5.74) is 1.03. The summed E-state index contributed by atoms with van der Waals surface area (Å²) in [4.78, 5) is 19.0. The average Bonchev–Trinajstić information content (AvgIpc) is 3.38. The summed E-state index contributed by atoms with van der Waals surface area (Å²) in [5.74, 6) is 2.11. The van der Waals surface area contributed by atoms with Gasteiger partial charge >= 0.3 is 0 Å². The van der Waals surface area contributed by atoms with E-state index in [9.17, 15) is 4.79 Å². The van der Waals surface area contributed by atoms with Crippen LogP contribution in [0.25, 0.3) is 0 Å². The lowest BCUT2D eigenvalue weighted by atomic mass is 10.1. The second kappa shape index (κ2) is 10.0. The molecule has 1 aliphatic carbocycles. The molecule has 28 heavy (non-hydrogen) atoms. The van der Waals surface area contributed by atoms with E-state index >= 15 is 0 Å². The Bertz CT molecular complexity index is 704. The molecular formula is C21H31ClN4O2. The van der Waals surface area contributed by atoms with Crippen LogP contribution >= 0.6 is 11.6 Å². The molecule has 6 nitrogen and oxygen atoms in total. The number of halogens is 1. The van der Waals surface area contributed by atoms with Crippen LogP contribution in [0.3, 0.4) is 0 Å². The highest BCUT2D eigenvalue weighted by atomic mass is 35.5. The summed E-state index contributed by atoms with van der Waals surface area (Å²) in [6, 6.07) is 5.89. The molecule has 2 fully saturated rings. The molecule has 0 bridgehead atoms. The van der Waals surface area contributed by atoms with Crippen molar-refractivity contribution in [3.05, 3.63) is 28.8 Å². The van der Waals surface area contributed by atoms with Gasteiger partial charge in [0.25, 0.3) is 0 Å². The third-order valence-corrected chi connectivity index (χ3v) is 5.78.